The number of benzene rings is 2. The third kappa shape index (κ3) is 6.43. The first-order chi connectivity index (χ1) is 20.2. The molecule has 0 aliphatic carbocycles. The van der Waals surface area contributed by atoms with Crippen molar-refractivity contribution in [1.29, 1.82) is 0 Å². The van der Waals surface area contributed by atoms with E-state index in [9.17, 15) is 0 Å². The molecule has 0 unspecified atom stereocenters. The van der Waals surface area contributed by atoms with Crippen molar-refractivity contribution < 1.29 is 13.4 Å². The standard InChI is InChI=1S/C38H51B2F2NO/c1-24(14-15-25(2)43-13)26(3)28-16-29(18-30(17-28)40-23-37(9,10)38(11,12)44-40)27(4)31-19-32(34(42)20-33(31)41)39-21-35(5,6)36(7,8)22-39/h16-20,43H,1-4,14-15,21-23H2,5-13H3. The SMILES string of the molecule is C=C(CCC(=C)C(=C)c1cc(B2CC(C)(C)C(C)(C)O2)cc(C(=C)c2cc(B3CC(C)(C)C(C)(C)C3)c(F)cc2F)c1)NC. The lowest BCUT2D eigenvalue weighted by atomic mass is 9.42. The molecule has 0 aromatic heterocycles. The van der Waals surface area contributed by atoms with Gasteiger partial charge in [0.25, 0.3) is 0 Å². The van der Waals surface area contributed by atoms with Crippen LogP contribution in [0.15, 0.2) is 67.9 Å². The van der Waals surface area contributed by atoms with E-state index >= 15 is 8.78 Å². The first-order valence-corrected chi connectivity index (χ1v) is 15.9. The van der Waals surface area contributed by atoms with E-state index in [2.05, 4.69) is 99.2 Å². The average molecular weight is 597 g/mol. The van der Waals surface area contributed by atoms with Crippen LogP contribution in [-0.2, 0) is 4.65 Å². The maximum Gasteiger partial charge on any atom is 0.328 e. The van der Waals surface area contributed by atoms with E-state index in [4.69, 9.17) is 4.65 Å². The molecule has 0 radical (unpaired) electrons. The highest BCUT2D eigenvalue weighted by Gasteiger charge is 2.50. The van der Waals surface area contributed by atoms with E-state index in [0.29, 0.717) is 23.0 Å². The van der Waals surface area contributed by atoms with Crippen LogP contribution in [-0.4, -0.2) is 26.3 Å². The Morgan fingerprint density at radius 3 is 1.91 bits per heavy atom. The molecule has 1 N–H and O–H groups in total. The van der Waals surface area contributed by atoms with Gasteiger partial charge >= 0.3 is 6.92 Å². The molecule has 0 saturated carbocycles. The fourth-order valence-electron chi connectivity index (χ4n) is 6.76. The number of halogens is 2. The molecule has 2 aliphatic rings. The number of allylic oxidation sites excluding steroid dienone is 3. The summed E-state index contributed by atoms with van der Waals surface area (Å²) in [5, 5.41) is 3.09. The molecule has 2 aromatic carbocycles. The highest BCUT2D eigenvalue weighted by atomic mass is 19.1. The third-order valence-corrected chi connectivity index (χ3v) is 11.5. The minimum absolute atomic E-state index is 0.0147. The molecule has 2 heterocycles. The van der Waals surface area contributed by atoms with Gasteiger partial charge in [-0.25, -0.2) is 8.78 Å². The van der Waals surface area contributed by atoms with Crippen LogP contribution < -0.4 is 16.2 Å². The second kappa shape index (κ2) is 11.8. The van der Waals surface area contributed by atoms with Gasteiger partial charge in [0.1, 0.15) is 11.6 Å². The van der Waals surface area contributed by atoms with Crippen LogP contribution in [0.3, 0.4) is 0 Å². The number of rotatable bonds is 10. The lowest BCUT2D eigenvalue weighted by Gasteiger charge is -2.35. The Hall–Kier alpha value is -2.85. The van der Waals surface area contributed by atoms with E-state index < -0.39 is 11.6 Å². The average Bonchev–Trinajstić information content (AvgIpc) is 3.29. The molecule has 0 spiro atoms. The molecule has 2 nitrogen and oxygen atoms in total. The van der Waals surface area contributed by atoms with Crippen LogP contribution in [0.5, 0.6) is 0 Å². The molecule has 6 heteroatoms. The Morgan fingerprint density at radius 1 is 0.773 bits per heavy atom. The zero-order valence-corrected chi connectivity index (χ0v) is 28.6. The van der Waals surface area contributed by atoms with Crippen molar-refractivity contribution in [3.8, 4) is 0 Å². The molecule has 44 heavy (non-hydrogen) atoms. The Morgan fingerprint density at radius 2 is 1.36 bits per heavy atom. The van der Waals surface area contributed by atoms with E-state index in [1.807, 2.05) is 13.1 Å². The van der Waals surface area contributed by atoms with Crippen LogP contribution in [0.4, 0.5) is 8.78 Å². The summed E-state index contributed by atoms with van der Waals surface area (Å²) >= 11 is 0. The van der Waals surface area contributed by atoms with Crippen LogP contribution in [0.25, 0.3) is 11.1 Å². The second-order valence-electron chi connectivity index (χ2n) is 15.7. The van der Waals surface area contributed by atoms with E-state index in [0.717, 1.165) is 64.9 Å². The predicted octanol–water partition coefficient (Wildman–Crippen LogP) is 8.91. The van der Waals surface area contributed by atoms with Crippen molar-refractivity contribution in [2.45, 2.75) is 92.8 Å². The van der Waals surface area contributed by atoms with E-state index in [1.165, 1.54) is 0 Å². The largest absolute Gasteiger partial charge is 0.426 e. The normalized spacial score (nSPS) is 19.6. The fourth-order valence-corrected chi connectivity index (χ4v) is 6.76. The van der Waals surface area contributed by atoms with Gasteiger partial charge in [-0.15, -0.1) is 0 Å². The molecule has 0 bridgehead atoms. The molecule has 2 saturated heterocycles. The Balaban J connectivity index is 1.77. The maximum atomic E-state index is 15.6. The van der Waals surface area contributed by atoms with Crippen LogP contribution >= 0.6 is 0 Å². The predicted molar refractivity (Wildman–Crippen MR) is 188 cm³/mol. The summed E-state index contributed by atoms with van der Waals surface area (Å²) in [6.07, 6.45) is 4.00. The molecule has 234 valence electrons. The molecule has 2 aromatic rings. The summed E-state index contributed by atoms with van der Waals surface area (Å²) in [6, 6.07) is 8.92. The van der Waals surface area contributed by atoms with Gasteiger partial charge in [0.05, 0.1) is 5.60 Å². The van der Waals surface area contributed by atoms with Gasteiger partial charge in [-0.1, -0.05) is 98.7 Å². The van der Waals surface area contributed by atoms with Gasteiger partial charge in [0.2, 0.25) is 0 Å². The highest BCUT2D eigenvalue weighted by Crippen LogP contribution is 2.53. The van der Waals surface area contributed by atoms with Crippen LogP contribution in [0.1, 0.15) is 84.9 Å². The summed E-state index contributed by atoms with van der Waals surface area (Å²) in [5.41, 5.74) is 6.46. The molecule has 2 fully saturated rings. The van der Waals surface area contributed by atoms with Gasteiger partial charge < -0.3 is 9.97 Å². The van der Waals surface area contributed by atoms with Crippen molar-refractivity contribution in [2.75, 3.05) is 7.05 Å². The summed E-state index contributed by atoms with van der Waals surface area (Å²) < 4.78 is 37.6. The number of hydrogen-bond donors (Lipinski definition) is 1. The molecule has 4 rings (SSSR count). The van der Waals surface area contributed by atoms with Gasteiger partial charge in [0.15, 0.2) is 6.71 Å². The van der Waals surface area contributed by atoms with Gasteiger partial charge in [-0.05, 0) is 94.1 Å². The zero-order valence-electron chi connectivity index (χ0n) is 28.6. The molecular formula is C38H51B2F2NO. The van der Waals surface area contributed by atoms with E-state index in [1.54, 1.807) is 6.07 Å². The van der Waals surface area contributed by atoms with Crippen molar-refractivity contribution >= 4 is 35.7 Å². The van der Waals surface area contributed by atoms with Gasteiger partial charge in [0, 0.05) is 24.4 Å². The van der Waals surface area contributed by atoms with Crippen molar-refractivity contribution in [2.24, 2.45) is 16.2 Å². The summed E-state index contributed by atoms with van der Waals surface area (Å²) in [6.45, 7) is 34.7. The van der Waals surface area contributed by atoms with Gasteiger partial charge in [-0.3, -0.25) is 0 Å². The molecular weight excluding hydrogens is 546 g/mol. The maximum absolute atomic E-state index is 15.6. The first kappa shape index (κ1) is 34.0. The zero-order chi connectivity index (χ0) is 33.0. The smallest absolute Gasteiger partial charge is 0.328 e. The van der Waals surface area contributed by atoms with Gasteiger partial charge in [-0.2, -0.15) is 0 Å². The Kier molecular flexibility index (Phi) is 9.14. The lowest BCUT2D eigenvalue weighted by Crippen LogP contribution is -2.36. The Labute approximate surface area is 266 Å². The van der Waals surface area contributed by atoms with Crippen molar-refractivity contribution in [3.63, 3.8) is 0 Å². The summed E-state index contributed by atoms with van der Waals surface area (Å²) in [7, 11) is 1.86. The Bertz CT molecular complexity index is 1480. The first-order valence-electron chi connectivity index (χ1n) is 15.9. The quantitative estimate of drug-likeness (QED) is 0.218. The second-order valence-corrected chi connectivity index (χ2v) is 15.7. The summed E-state index contributed by atoms with van der Waals surface area (Å²) in [5.74, 6) is -1.09. The minimum Gasteiger partial charge on any atom is -0.426 e. The lowest BCUT2D eigenvalue weighted by molar-refractivity contribution is 0.0375. The highest BCUT2D eigenvalue weighted by molar-refractivity contribution is 6.74. The van der Waals surface area contributed by atoms with Crippen LogP contribution in [0, 0.1) is 27.9 Å². The fraction of sp³-hybridized carbons (Fsp3) is 0.474. The van der Waals surface area contributed by atoms with Crippen LogP contribution in [0.2, 0.25) is 19.0 Å². The number of nitrogens with one attached hydrogen (secondary N) is 1. The number of hydrogen-bond acceptors (Lipinski definition) is 2. The molecule has 0 atom stereocenters. The van der Waals surface area contributed by atoms with Crippen molar-refractivity contribution in [3.05, 3.63) is 96.2 Å². The topological polar surface area (TPSA) is 21.3 Å². The molecule has 2 aliphatic heterocycles. The minimum atomic E-state index is -0.604. The third-order valence-electron chi connectivity index (χ3n) is 11.5. The monoisotopic (exact) mass is 597 g/mol. The van der Waals surface area contributed by atoms with E-state index in [-0.39, 0.29) is 35.5 Å². The van der Waals surface area contributed by atoms with Crippen molar-refractivity contribution in [1.82, 2.24) is 5.32 Å². The summed E-state index contributed by atoms with van der Waals surface area (Å²) in [4.78, 5) is 0. The molecule has 0 amide bonds.